The van der Waals surface area contributed by atoms with Crippen molar-refractivity contribution in [2.45, 2.75) is 25.9 Å². The van der Waals surface area contributed by atoms with Crippen LogP contribution in [0.5, 0.6) is 5.75 Å². The predicted octanol–water partition coefficient (Wildman–Crippen LogP) is 3.10. The zero-order valence-corrected chi connectivity index (χ0v) is 14.5. The minimum absolute atomic E-state index is 0.163. The fourth-order valence-corrected chi connectivity index (χ4v) is 3.14. The lowest BCUT2D eigenvalue weighted by Gasteiger charge is -2.28. The van der Waals surface area contributed by atoms with Gasteiger partial charge in [-0.25, -0.2) is 0 Å². The van der Waals surface area contributed by atoms with Crippen LogP contribution in [0.2, 0.25) is 0 Å². The van der Waals surface area contributed by atoms with Crippen LogP contribution in [0.4, 0.5) is 5.69 Å². The second kappa shape index (κ2) is 7.05. The summed E-state index contributed by atoms with van der Waals surface area (Å²) in [6, 6.07) is 16.0. The van der Waals surface area contributed by atoms with Crippen molar-refractivity contribution < 1.29 is 9.53 Å². The number of anilines is 1. The van der Waals surface area contributed by atoms with Gasteiger partial charge in [-0.05, 0) is 49.7 Å². The third-order valence-electron chi connectivity index (χ3n) is 4.76. The number of amides is 1. The molecule has 0 N–H and O–H groups in total. The van der Waals surface area contributed by atoms with Gasteiger partial charge in [-0.2, -0.15) is 0 Å². The molecule has 0 radical (unpaired) electrons. The van der Waals surface area contributed by atoms with E-state index < -0.39 is 0 Å². The summed E-state index contributed by atoms with van der Waals surface area (Å²) >= 11 is 0. The first-order valence-electron chi connectivity index (χ1n) is 8.32. The lowest BCUT2D eigenvalue weighted by atomic mass is 10.1. The van der Waals surface area contributed by atoms with E-state index in [-0.39, 0.29) is 11.9 Å². The first kappa shape index (κ1) is 16.5. The van der Waals surface area contributed by atoms with Crippen molar-refractivity contribution in [3.63, 3.8) is 0 Å². The molecule has 1 heterocycles. The number of nitrogens with zero attached hydrogens (tertiary/aromatic N) is 2. The molecule has 24 heavy (non-hydrogen) atoms. The molecule has 0 spiro atoms. The highest BCUT2D eigenvalue weighted by Gasteiger charge is 2.29. The highest BCUT2D eigenvalue weighted by atomic mass is 16.5. The van der Waals surface area contributed by atoms with E-state index in [4.69, 9.17) is 4.74 Å². The monoisotopic (exact) mass is 324 g/mol. The van der Waals surface area contributed by atoms with Crippen LogP contribution in [0.3, 0.4) is 0 Å². The van der Waals surface area contributed by atoms with E-state index in [1.165, 1.54) is 11.1 Å². The van der Waals surface area contributed by atoms with Crippen LogP contribution in [0.25, 0.3) is 0 Å². The molecule has 4 nitrogen and oxygen atoms in total. The zero-order valence-electron chi connectivity index (χ0n) is 14.5. The van der Waals surface area contributed by atoms with Gasteiger partial charge in [0.1, 0.15) is 5.75 Å². The molecule has 1 unspecified atom stereocenters. The van der Waals surface area contributed by atoms with Crippen molar-refractivity contribution in [1.82, 2.24) is 4.90 Å². The molecule has 0 aliphatic carbocycles. The standard InChI is InChI=1S/C20H24N2O2/c1-15(21(2)14-16-8-10-18(24-3)11-9-16)20(23)22-13-12-17-6-4-5-7-19(17)22/h4-11,15H,12-14H2,1-3H3. The normalized spacial score (nSPS) is 14.6. The summed E-state index contributed by atoms with van der Waals surface area (Å²) in [5.41, 5.74) is 3.49. The average Bonchev–Trinajstić information content (AvgIpc) is 3.05. The molecule has 0 bridgehead atoms. The van der Waals surface area contributed by atoms with Gasteiger partial charge in [0, 0.05) is 18.8 Å². The first-order chi connectivity index (χ1) is 11.6. The summed E-state index contributed by atoms with van der Waals surface area (Å²) < 4.78 is 5.19. The van der Waals surface area contributed by atoms with Gasteiger partial charge in [0.15, 0.2) is 0 Å². The number of benzene rings is 2. The van der Waals surface area contributed by atoms with Crippen LogP contribution in [-0.2, 0) is 17.8 Å². The molecular weight excluding hydrogens is 300 g/mol. The van der Waals surface area contributed by atoms with Gasteiger partial charge in [-0.3, -0.25) is 9.69 Å². The number of carbonyl (C=O) groups is 1. The van der Waals surface area contributed by atoms with Crippen molar-refractivity contribution in [3.05, 3.63) is 59.7 Å². The number of hydrogen-bond donors (Lipinski definition) is 0. The molecule has 0 saturated carbocycles. The van der Waals surface area contributed by atoms with Gasteiger partial charge in [-0.15, -0.1) is 0 Å². The molecule has 4 heteroatoms. The summed E-state index contributed by atoms with van der Waals surface area (Å²) in [7, 11) is 3.66. The smallest absolute Gasteiger partial charge is 0.244 e. The van der Waals surface area contributed by atoms with Crippen LogP contribution in [0, 0.1) is 0 Å². The Hall–Kier alpha value is -2.33. The second-order valence-electron chi connectivity index (χ2n) is 6.31. The molecule has 1 aliphatic rings. The zero-order chi connectivity index (χ0) is 17.1. The summed E-state index contributed by atoms with van der Waals surface area (Å²) in [6.07, 6.45) is 0.941. The Labute approximate surface area is 143 Å². The summed E-state index contributed by atoms with van der Waals surface area (Å²) in [5.74, 6) is 1.01. The number of hydrogen-bond acceptors (Lipinski definition) is 3. The Bertz CT molecular complexity index is 712. The molecule has 1 aliphatic heterocycles. The van der Waals surface area contributed by atoms with Crippen LogP contribution in [-0.4, -0.2) is 37.6 Å². The molecule has 126 valence electrons. The van der Waals surface area contributed by atoms with E-state index in [9.17, 15) is 4.79 Å². The Morgan fingerprint density at radius 1 is 1.21 bits per heavy atom. The molecule has 1 atom stereocenters. The van der Waals surface area contributed by atoms with Gasteiger partial charge in [0.2, 0.25) is 5.91 Å². The van der Waals surface area contributed by atoms with Gasteiger partial charge < -0.3 is 9.64 Å². The number of carbonyl (C=O) groups excluding carboxylic acids is 1. The van der Waals surface area contributed by atoms with Crippen LogP contribution >= 0.6 is 0 Å². The van der Waals surface area contributed by atoms with Crippen molar-refractivity contribution >= 4 is 11.6 Å². The van der Waals surface area contributed by atoms with Crippen molar-refractivity contribution in [1.29, 1.82) is 0 Å². The molecule has 2 aromatic rings. The molecular formula is C20H24N2O2. The summed E-state index contributed by atoms with van der Waals surface area (Å²) in [4.78, 5) is 16.9. The number of ether oxygens (including phenoxy) is 1. The lowest BCUT2D eigenvalue weighted by Crippen LogP contribution is -2.44. The maximum absolute atomic E-state index is 12.9. The molecule has 3 rings (SSSR count). The van der Waals surface area contributed by atoms with Gasteiger partial charge >= 0.3 is 0 Å². The SMILES string of the molecule is COc1ccc(CN(C)C(C)C(=O)N2CCc3ccccc32)cc1. The molecule has 0 saturated heterocycles. The Balaban J connectivity index is 1.67. The second-order valence-corrected chi connectivity index (χ2v) is 6.31. The number of rotatable bonds is 5. The third kappa shape index (κ3) is 3.29. The van der Waals surface area contributed by atoms with E-state index >= 15 is 0 Å². The summed E-state index contributed by atoms with van der Waals surface area (Å²) in [5, 5.41) is 0. The Kier molecular flexibility index (Phi) is 4.86. The van der Waals surface area contributed by atoms with Crippen LogP contribution < -0.4 is 9.64 Å². The van der Waals surface area contributed by atoms with Crippen LogP contribution in [0.15, 0.2) is 48.5 Å². The molecule has 0 aromatic heterocycles. The fourth-order valence-electron chi connectivity index (χ4n) is 3.14. The van der Waals surface area contributed by atoms with Crippen molar-refractivity contribution in [2.75, 3.05) is 25.6 Å². The minimum Gasteiger partial charge on any atom is -0.497 e. The predicted molar refractivity (Wildman–Crippen MR) is 96.4 cm³/mol. The Morgan fingerprint density at radius 2 is 1.92 bits per heavy atom. The fraction of sp³-hybridized carbons (Fsp3) is 0.350. The Morgan fingerprint density at radius 3 is 2.62 bits per heavy atom. The largest absolute Gasteiger partial charge is 0.497 e. The molecule has 0 fully saturated rings. The van der Waals surface area contributed by atoms with E-state index in [1.54, 1.807) is 7.11 Å². The number of methoxy groups -OCH3 is 1. The number of para-hydroxylation sites is 1. The summed E-state index contributed by atoms with van der Waals surface area (Å²) in [6.45, 7) is 3.48. The van der Waals surface area contributed by atoms with Crippen LogP contribution in [0.1, 0.15) is 18.1 Å². The maximum Gasteiger partial charge on any atom is 0.244 e. The average molecular weight is 324 g/mol. The maximum atomic E-state index is 12.9. The quantitative estimate of drug-likeness (QED) is 0.847. The molecule has 2 aromatic carbocycles. The minimum atomic E-state index is -0.168. The first-order valence-corrected chi connectivity index (χ1v) is 8.32. The number of fused-ring (bicyclic) bond motifs is 1. The van der Waals surface area contributed by atoms with Gasteiger partial charge in [-0.1, -0.05) is 30.3 Å². The van der Waals surface area contributed by atoms with Crippen molar-refractivity contribution in [2.24, 2.45) is 0 Å². The van der Waals surface area contributed by atoms with Crippen molar-refractivity contribution in [3.8, 4) is 5.75 Å². The lowest BCUT2D eigenvalue weighted by molar-refractivity contribution is -0.122. The molecule has 1 amide bonds. The number of likely N-dealkylation sites (N-methyl/N-ethyl adjacent to an activating group) is 1. The van der Waals surface area contributed by atoms with E-state index in [0.29, 0.717) is 0 Å². The van der Waals surface area contributed by atoms with Gasteiger partial charge in [0.25, 0.3) is 0 Å². The topological polar surface area (TPSA) is 32.8 Å². The highest BCUT2D eigenvalue weighted by molar-refractivity contribution is 5.98. The van der Waals surface area contributed by atoms with E-state index in [1.807, 2.05) is 61.3 Å². The van der Waals surface area contributed by atoms with Gasteiger partial charge in [0.05, 0.1) is 13.2 Å². The highest BCUT2D eigenvalue weighted by Crippen LogP contribution is 2.28. The van der Waals surface area contributed by atoms with E-state index in [2.05, 4.69) is 11.0 Å². The third-order valence-corrected chi connectivity index (χ3v) is 4.76. The van der Waals surface area contributed by atoms with E-state index in [0.717, 1.165) is 30.9 Å².